The summed E-state index contributed by atoms with van der Waals surface area (Å²) < 4.78 is 29.2. The monoisotopic (exact) mass is 539 g/mol. The Bertz CT molecular complexity index is 1170. The molecule has 2 bridgehead atoms. The minimum absolute atomic E-state index is 0.0270. The van der Waals surface area contributed by atoms with E-state index in [4.69, 9.17) is 37.4 Å². The summed E-state index contributed by atoms with van der Waals surface area (Å²) in [6.07, 6.45) is 1.77. The van der Waals surface area contributed by atoms with Crippen LogP contribution in [0.5, 0.6) is 11.5 Å². The molecule has 5 rings (SSSR count). The predicted molar refractivity (Wildman–Crippen MR) is 130 cm³/mol. The van der Waals surface area contributed by atoms with Crippen molar-refractivity contribution in [1.29, 1.82) is 0 Å². The van der Waals surface area contributed by atoms with E-state index in [0.717, 1.165) is 6.07 Å². The zero-order chi connectivity index (χ0) is 25.9. The summed E-state index contributed by atoms with van der Waals surface area (Å²) in [5.41, 5.74) is -0.439. The molecule has 2 aromatic rings. The van der Waals surface area contributed by atoms with Gasteiger partial charge in [-0.3, -0.25) is 14.4 Å². The van der Waals surface area contributed by atoms with E-state index in [1.807, 2.05) is 0 Å². The molecule has 0 spiro atoms. The van der Waals surface area contributed by atoms with Crippen molar-refractivity contribution in [1.82, 2.24) is 10.6 Å². The maximum absolute atomic E-state index is 13.5. The number of hydrogen-bond donors (Lipinski definition) is 3. The van der Waals surface area contributed by atoms with E-state index >= 15 is 0 Å². The first kappa shape index (κ1) is 26.0. The molecule has 3 saturated carbocycles. The lowest BCUT2D eigenvalue weighted by Crippen LogP contribution is -2.84. The predicted octanol–water partition coefficient (Wildman–Crippen LogP) is 3.08. The zero-order valence-corrected chi connectivity index (χ0v) is 20.8. The minimum Gasteiger partial charge on any atom is -0.484 e. The summed E-state index contributed by atoms with van der Waals surface area (Å²) in [6.45, 7) is -0.666. The van der Waals surface area contributed by atoms with Gasteiger partial charge in [-0.05, 0) is 49.6 Å². The molecule has 192 valence electrons. The Morgan fingerprint density at radius 3 is 2.14 bits per heavy atom. The quantitative estimate of drug-likeness (QED) is 0.404. The lowest BCUT2D eigenvalue weighted by atomic mass is 9.44. The van der Waals surface area contributed by atoms with Gasteiger partial charge in [-0.25, -0.2) is 4.39 Å². The number of carbonyl (C=O) groups excluding carboxylic acids is 3. The largest absolute Gasteiger partial charge is 0.484 e. The van der Waals surface area contributed by atoms with Crippen LogP contribution in [0.25, 0.3) is 0 Å². The van der Waals surface area contributed by atoms with Gasteiger partial charge in [0.1, 0.15) is 23.9 Å². The van der Waals surface area contributed by atoms with E-state index in [0.29, 0.717) is 35.7 Å². The maximum Gasteiger partial charge on any atom is 0.258 e. The molecular formula is C24H24Cl2FN3O6. The van der Waals surface area contributed by atoms with Crippen molar-refractivity contribution in [2.24, 2.45) is 0 Å². The Hall–Kier alpha value is -3.08. The van der Waals surface area contributed by atoms with Crippen molar-refractivity contribution in [3.8, 4) is 11.5 Å². The first-order chi connectivity index (χ1) is 17.1. The number of rotatable bonds is 11. The number of anilines is 1. The molecule has 2 aromatic carbocycles. The van der Waals surface area contributed by atoms with E-state index in [2.05, 4.69) is 16.0 Å². The molecule has 0 radical (unpaired) electrons. The minimum atomic E-state index is -0.626. The van der Waals surface area contributed by atoms with Crippen molar-refractivity contribution < 1.29 is 33.0 Å². The summed E-state index contributed by atoms with van der Waals surface area (Å²) >= 11 is 11.6. The number of halogens is 3. The van der Waals surface area contributed by atoms with E-state index in [-0.39, 0.29) is 59.4 Å². The molecule has 0 aromatic heterocycles. The second-order valence-corrected chi connectivity index (χ2v) is 9.81. The van der Waals surface area contributed by atoms with Crippen LogP contribution in [0.1, 0.15) is 19.3 Å². The van der Waals surface area contributed by atoms with Crippen molar-refractivity contribution in [3.63, 3.8) is 0 Å². The summed E-state index contributed by atoms with van der Waals surface area (Å²) in [6, 6.07) is 8.61. The van der Waals surface area contributed by atoms with Crippen LogP contribution in [0, 0.1) is 5.82 Å². The van der Waals surface area contributed by atoms with Crippen LogP contribution >= 0.6 is 23.2 Å². The van der Waals surface area contributed by atoms with Crippen LogP contribution < -0.4 is 25.4 Å². The van der Waals surface area contributed by atoms with E-state index in [1.54, 1.807) is 12.1 Å². The smallest absolute Gasteiger partial charge is 0.258 e. The Labute approximate surface area is 216 Å². The molecule has 3 N–H and O–H groups in total. The van der Waals surface area contributed by atoms with Crippen LogP contribution in [0.2, 0.25) is 10.0 Å². The molecule has 36 heavy (non-hydrogen) atoms. The van der Waals surface area contributed by atoms with Gasteiger partial charge in [-0.1, -0.05) is 23.2 Å². The van der Waals surface area contributed by atoms with Gasteiger partial charge in [-0.2, -0.15) is 0 Å². The molecule has 0 heterocycles. The van der Waals surface area contributed by atoms with Gasteiger partial charge in [0, 0.05) is 29.3 Å². The molecule has 0 aliphatic heterocycles. The molecular weight excluding hydrogens is 516 g/mol. The molecule has 0 saturated heterocycles. The second-order valence-electron chi connectivity index (χ2n) is 8.96. The van der Waals surface area contributed by atoms with E-state index in [1.165, 1.54) is 25.3 Å². The fraction of sp³-hybridized carbons (Fsp3) is 0.375. The first-order valence-corrected chi connectivity index (χ1v) is 11.8. The molecule has 3 fully saturated rings. The molecule has 9 nitrogen and oxygen atoms in total. The standard InChI is InChI=1S/C24H24Cl2FN3O6/c1-34-8-20(31)28-18-6-14(25)2-5-19(18)36-10-22(33)30-24-11-23(12-24,13-24)29-21(32)9-35-15-3-4-16(26)17(27)7-15/h2-7H,8-13H2,1H3,(H,28,31)(H,29,32)(H,30,33). The maximum atomic E-state index is 13.5. The van der Waals surface area contributed by atoms with Gasteiger partial charge in [0.15, 0.2) is 13.2 Å². The van der Waals surface area contributed by atoms with Crippen LogP contribution in [0.15, 0.2) is 36.4 Å². The number of nitrogens with one attached hydrogen (secondary N) is 3. The highest BCUT2D eigenvalue weighted by molar-refractivity contribution is 6.31. The van der Waals surface area contributed by atoms with Gasteiger partial charge < -0.3 is 30.2 Å². The SMILES string of the molecule is COCC(=O)Nc1cc(Cl)ccc1OCC(=O)NC12CC(NC(=O)COc3ccc(Cl)c(F)c3)(C1)C2. The van der Waals surface area contributed by atoms with Crippen LogP contribution in [-0.4, -0.2) is 55.7 Å². The van der Waals surface area contributed by atoms with Crippen molar-refractivity contribution in [2.75, 3.05) is 32.2 Å². The lowest BCUT2D eigenvalue weighted by molar-refractivity contribution is -0.151. The summed E-state index contributed by atoms with van der Waals surface area (Å²) in [4.78, 5) is 36.6. The average Bonchev–Trinajstić information content (AvgIpc) is 2.77. The van der Waals surface area contributed by atoms with Crippen LogP contribution in [0.4, 0.5) is 10.1 Å². The highest BCUT2D eigenvalue weighted by atomic mass is 35.5. The third-order valence-corrected chi connectivity index (χ3v) is 6.49. The van der Waals surface area contributed by atoms with E-state index in [9.17, 15) is 18.8 Å². The number of benzene rings is 2. The van der Waals surface area contributed by atoms with Gasteiger partial charge in [0.25, 0.3) is 11.8 Å². The molecule has 3 amide bonds. The van der Waals surface area contributed by atoms with Gasteiger partial charge in [-0.15, -0.1) is 0 Å². The number of amides is 3. The molecule has 0 unspecified atom stereocenters. The number of methoxy groups -OCH3 is 1. The summed E-state index contributed by atoms with van der Waals surface area (Å²) in [5, 5.41) is 8.87. The van der Waals surface area contributed by atoms with Crippen LogP contribution in [0.3, 0.4) is 0 Å². The van der Waals surface area contributed by atoms with Crippen LogP contribution in [-0.2, 0) is 19.1 Å². The Morgan fingerprint density at radius 1 is 0.889 bits per heavy atom. The van der Waals surface area contributed by atoms with Crippen molar-refractivity contribution >= 4 is 46.6 Å². The molecule has 12 heteroatoms. The molecule has 0 atom stereocenters. The third-order valence-electron chi connectivity index (χ3n) is 5.95. The fourth-order valence-electron chi connectivity index (χ4n) is 4.62. The normalized spacial score (nSPS) is 21.4. The average molecular weight is 540 g/mol. The summed E-state index contributed by atoms with van der Waals surface area (Å²) in [5.74, 6) is -1.18. The number of hydrogen-bond acceptors (Lipinski definition) is 6. The lowest BCUT2D eigenvalue weighted by Gasteiger charge is -2.70. The topological polar surface area (TPSA) is 115 Å². The fourth-order valence-corrected chi connectivity index (χ4v) is 4.91. The van der Waals surface area contributed by atoms with Gasteiger partial charge in [0.05, 0.1) is 10.7 Å². The third kappa shape index (κ3) is 6.00. The van der Waals surface area contributed by atoms with Crippen molar-refractivity contribution in [3.05, 3.63) is 52.3 Å². The molecule has 3 aliphatic carbocycles. The van der Waals surface area contributed by atoms with E-state index < -0.39 is 5.82 Å². The van der Waals surface area contributed by atoms with Gasteiger partial charge >= 0.3 is 0 Å². The first-order valence-electron chi connectivity index (χ1n) is 11.0. The zero-order valence-electron chi connectivity index (χ0n) is 19.3. The number of ether oxygens (including phenoxy) is 3. The highest BCUT2D eigenvalue weighted by Gasteiger charge is 2.69. The molecule has 3 aliphatic rings. The highest BCUT2D eigenvalue weighted by Crippen LogP contribution is 2.60. The Morgan fingerprint density at radius 2 is 1.53 bits per heavy atom. The number of carbonyl (C=O) groups is 3. The second kappa shape index (κ2) is 10.5. The van der Waals surface area contributed by atoms with Crippen molar-refractivity contribution in [2.45, 2.75) is 30.3 Å². The Balaban J connectivity index is 1.20. The van der Waals surface area contributed by atoms with Gasteiger partial charge in [0.2, 0.25) is 5.91 Å². The summed E-state index contributed by atoms with van der Waals surface area (Å²) in [7, 11) is 1.40. The Kier molecular flexibility index (Phi) is 7.58.